The van der Waals surface area contributed by atoms with E-state index in [-0.39, 0.29) is 6.79 Å². The van der Waals surface area contributed by atoms with E-state index in [1.54, 1.807) is 6.08 Å². The van der Waals surface area contributed by atoms with E-state index in [9.17, 15) is 4.79 Å². The number of benzene rings is 1. The Labute approximate surface area is 117 Å². The summed E-state index contributed by atoms with van der Waals surface area (Å²) < 4.78 is 15.5. The predicted octanol–water partition coefficient (Wildman–Crippen LogP) is 2.52. The normalized spacial score (nSPS) is 13.8. The predicted molar refractivity (Wildman–Crippen MR) is 72.8 cm³/mol. The molecule has 5 nitrogen and oxygen atoms in total. The second kappa shape index (κ2) is 6.65. The van der Waals surface area contributed by atoms with Gasteiger partial charge in [-0.1, -0.05) is 12.1 Å². The van der Waals surface area contributed by atoms with Crippen molar-refractivity contribution >= 4 is 5.97 Å². The Kier molecular flexibility index (Phi) is 4.65. The molecule has 106 valence electrons. The lowest BCUT2D eigenvalue weighted by Crippen LogP contribution is -1.93. The molecule has 0 spiro atoms. The Balaban J connectivity index is 1.88. The molecule has 1 heterocycles. The van der Waals surface area contributed by atoms with Crippen molar-refractivity contribution < 1.29 is 24.1 Å². The number of rotatable bonds is 6. The summed E-state index contributed by atoms with van der Waals surface area (Å²) in [5.74, 6) is 0.843. The lowest BCUT2D eigenvalue weighted by molar-refractivity contribution is -0.131. The quantitative estimate of drug-likeness (QED) is 0.491. The van der Waals surface area contributed by atoms with Gasteiger partial charge in [-0.25, -0.2) is 4.79 Å². The first-order valence-electron chi connectivity index (χ1n) is 6.22. The largest absolute Gasteiger partial charge is 0.497 e. The van der Waals surface area contributed by atoms with Crippen LogP contribution in [0.4, 0.5) is 0 Å². The average Bonchev–Trinajstić information content (AvgIpc) is 2.89. The van der Waals surface area contributed by atoms with Crippen LogP contribution in [0.25, 0.3) is 0 Å². The van der Waals surface area contributed by atoms with Gasteiger partial charge in [0.1, 0.15) is 5.76 Å². The van der Waals surface area contributed by atoms with Gasteiger partial charge >= 0.3 is 5.97 Å². The number of ether oxygens (including phenoxy) is 3. The molecule has 0 bridgehead atoms. The summed E-state index contributed by atoms with van der Waals surface area (Å²) in [7, 11) is 1.44. The highest BCUT2D eigenvalue weighted by molar-refractivity contribution is 5.80. The summed E-state index contributed by atoms with van der Waals surface area (Å²) in [5.41, 5.74) is 1.14. The van der Waals surface area contributed by atoms with Crippen LogP contribution in [0, 0.1) is 0 Å². The molecule has 0 aliphatic carbocycles. The van der Waals surface area contributed by atoms with E-state index in [1.165, 1.54) is 7.11 Å². The van der Waals surface area contributed by atoms with E-state index in [4.69, 9.17) is 19.3 Å². The third-order valence-electron chi connectivity index (χ3n) is 2.82. The summed E-state index contributed by atoms with van der Waals surface area (Å²) in [5, 5.41) is 8.62. The van der Waals surface area contributed by atoms with Crippen molar-refractivity contribution in [1.29, 1.82) is 0 Å². The number of aryl methyl sites for hydroxylation is 1. The minimum absolute atomic E-state index is 0.274. The fourth-order valence-corrected chi connectivity index (χ4v) is 1.84. The zero-order chi connectivity index (χ0) is 14.4. The molecule has 1 aromatic rings. The third kappa shape index (κ3) is 3.78. The molecule has 0 unspecified atom stereocenters. The summed E-state index contributed by atoms with van der Waals surface area (Å²) in [6, 6.07) is 5.85. The number of carboxylic acids is 1. The highest BCUT2D eigenvalue weighted by Gasteiger charge is 2.12. The van der Waals surface area contributed by atoms with Crippen molar-refractivity contribution in [2.24, 2.45) is 0 Å². The molecule has 0 radical (unpaired) electrons. The molecule has 0 saturated carbocycles. The van der Waals surface area contributed by atoms with Gasteiger partial charge in [-0.2, -0.15) is 0 Å². The SMILES string of the molecule is COC(C=CCCc1ccc2c(c1)OCO2)=CC(=O)O. The molecule has 0 atom stereocenters. The van der Waals surface area contributed by atoms with Gasteiger partial charge in [0.2, 0.25) is 6.79 Å². The number of carbonyl (C=O) groups is 1. The maximum atomic E-state index is 10.5. The summed E-state index contributed by atoms with van der Waals surface area (Å²) in [6.07, 6.45) is 6.16. The number of allylic oxidation sites excluding steroid dienone is 2. The first-order chi connectivity index (χ1) is 9.69. The van der Waals surface area contributed by atoms with Crippen LogP contribution in [0.2, 0.25) is 0 Å². The zero-order valence-corrected chi connectivity index (χ0v) is 11.2. The van der Waals surface area contributed by atoms with E-state index in [0.717, 1.165) is 36.0 Å². The zero-order valence-electron chi connectivity index (χ0n) is 11.2. The maximum absolute atomic E-state index is 10.5. The Morgan fingerprint density at radius 1 is 1.40 bits per heavy atom. The van der Waals surface area contributed by atoms with Crippen molar-refractivity contribution in [2.45, 2.75) is 12.8 Å². The van der Waals surface area contributed by atoms with Gasteiger partial charge in [0.15, 0.2) is 11.5 Å². The van der Waals surface area contributed by atoms with Crippen molar-refractivity contribution in [3.63, 3.8) is 0 Å². The Morgan fingerprint density at radius 2 is 2.20 bits per heavy atom. The van der Waals surface area contributed by atoms with Gasteiger partial charge in [-0.15, -0.1) is 0 Å². The van der Waals surface area contributed by atoms with Crippen LogP contribution in [-0.4, -0.2) is 25.0 Å². The van der Waals surface area contributed by atoms with E-state index in [1.807, 2.05) is 24.3 Å². The molecule has 0 aromatic heterocycles. The summed E-state index contributed by atoms with van der Waals surface area (Å²) in [4.78, 5) is 10.5. The minimum atomic E-state index is -1.03. The monoisotopic (exact) mass is 276 g/mol. The van der Waals surface area contributed by atoms with E-state index in [0.29, 0.717) is 5.76 Å². The van der Waals surface area contributed by atoms with Crippen LogP contribution in [0.15, 0.2) is 42.2 Å². The van der Waals surface area contributed by atoms with Gasteiger partial charge < -0.3 is 19.3 Å². The topological polar surface area (TPSA) is 65.0 Å². The smallest absolute Gasteiger partial charge is 0.332 e. The van der Waals surface area contributed by atoms with Gasteiger partial charge in [0.25, 0.3) is 0 Å². The molecule has 1 aliphatic rings. The van der Waals surface area contributed by atoms with E-state index in [2.05, 4.69) is 0 Å². The van der Waals surface area contributed by atoms with E-state index < -0.39 is 5.97 Å². The number of hydrogen-bond acceptors (Lipinski definition) is 4. The fraction of sp³-hybridized carbons (Fsp3) is 0.267. The number of hydrogen-bond donors (Lipinski definition) is 1. The molecule has 20 heavy (non-hydrogen) atoms. The standard InChI is InChI=1S/C15H16O5/c1-18-12(9-15(16)17)5-3-2-4-11-6-7-13-14(8-11)20-10-19-13/h3,5-9H,2,4,10H2,1H3,(H,16,17). The highest BCUT2D eigenvalue weighted by atomic mass is 16.7. The average molecular weight is 276 g/mol. The molecular weight excluding hydrogens is 260 g/mol. The van der Waals surface area contributed by atoms with Crippen LogP contribution < -0.4 is 9.47 Å². The lowest BCUT2D eigenvalue weighted by atomic mass is 10.1. The van der Waals surface area contributed by atoms with Crippen LogP contribution in [0.5, 0.6) is 11.5 Å². The molecule has 1 N–H and O–H groups in total. The second-order valence-corrected chi connectivity index (χ2v) is 4.22. The van der Waals surface area contributed by atoms with Crippen molar-refractivity contribution in [3.05, 3.63) is 47.7 Å². The van der Waals surface area contributed by atoms with Crippen LogP contribution in [0.1, 0.15) is 12.0 Å². The number of fused-ring (bicyclic) bond motifs is 1. The lowest BCUT2D eigenvalue weighted by Gasteiger charge is -2.01. The van der Waals surface area contributed by atoms with Gasteiger partial charge in [-0.05, 0) is 36.6 Å². The van der Waals surface area contributed by atoms with Gasteiger partial charge in [0.05, 0.1) is 13.2 Å². The molecule has 0 amide bonds. The Hall–Kier alpha value is -2.43. The minimum Gasteiger partial charge on any atom is -0.497 e. The second-order valence-electron chi connectivity index (χ2n) is 4.22. The molecule has 2 rings (SSSR count). The van der Waals surface area contributed by atoms with Crippen molar-refractivity contribution in [2.75, 3.05) is 13.9 Å². The molecule has 0 saturated heterocycles. The summed E-state index contributed by atoms with van der Waals surface area (Å²) in [6.45, 7) is 0.274. The first-order valence-corrected chi connectivity index (χ1v) is 6.22. The molecular formula is C15H16O5. The molecule has 5 heteroatoms. The molecule has 1 aromatic carbocycles. The van der Waals surface area contributed by atoms with Gasteiger partial charge in [-0.3, -0.25) is 0 Å². The van der Waals surface area contributed by atoms with Gasteiger partial charge in [0, 0.05) is 0 Å². The Morgan fingerprint density at radius 3 is 2.95 bits per heavy atom. The van der Waals surface area contributed by atoms with Crippen molar-refractivity contribution in [1.82, 2.24) is 0 Å². The third-order valence-corrected chi connectivity index (χ3v) is 2.82. The number of methoxy groups -OCH3 is 1. The fourth-order valence-electron chi connectivity index (χ4n) is 1.84. The van der Waals surface area contributed by atoms with Crippen molar-refractivity contribution in [3.8, 4) is 11.5 Å². The Bertz CT molecular complexity index is 545. The van der Waals surface area contributed by atoms with E-state index >= 15 is 0 Å². The van der Waals surface area contributed by atoms with Crippen LogP contribution in [0.3, 0.4) is 0 Å². The highest BCUT2D eigenvalue weighted by Crippen LogP contribution is 2.32. The molecule has 0 fully saturated rings. The number of aliphatic carboxylic acids is 1. The summed E-state index contributed by atoms with van der Waals surface area (Å²) >= 11 is 0. The first kappa shape index (κ1) is 14.0. The maximum Gasteiger partial charge on any atom is 0.332 e. The van der Waals surface area contributed by atoms with Crippen LogP contribution in [-0.2, 0) is 16.0 Å². The van der Waals surface area contributed by atoms with Crippen LogP contribution >= 0.6 is 0 Å². The molecule has 1 aliphatic heterocycles. The number of carboxylic acid groups (broad SMARTS) is 1.